The molecule has 0 aliphatic carbocycles. The van der Waals surface area contributed by atoms with Crippen LogP contribution in [0.25, 0.3) is 10.1 Å². The summed E-state index contributed by atoms with van der Waals surface area (Å²) < 4.78 is 11.5. The molecular weight excluding hydrogens is 220 g/mol. The molecule has 2 aromatic rings. The van der Waals surface area contributed by atoms with Crippen molar-refractivity contribution in [3.8, 4) is 11.5 Å². The Bertz CT molecular complexity index is 464. The molecule has 0 aliphatic heterocycles. The van der Waals surface area contributed by atoms with Crippen LogP contribution < -0.4 is 9.47 Å². The molecule has 0 radical (unpaired) electrons. The maximum Gasteiger partial charge on any atom is 0.138 e. The quantitative estimate of drug-likeness (QED) is 0.783. The first-order valence-electron chi connectivity index (χ1n) is 4.05. The van der Waals surface area contributed by atoms with Gasteiger partial charge in [-0.05, 0) is 12.1 Å². The molecule has 0 saturated carbocycles. The smallest absolute Gasteiger partial charge is 0.138 e. The number of methoxy groups -OCH3 is 2. The van der Waals surface area contributed by atoms with Gasteiger partial charge in [-0.25, -0.2) is 0 Å². The first kappa shape index (κ1) is 9.62. The van der Waals surface area contributed by atoms with Crippen molar-refractivity contribution in [3.05, 3.63) is 22.5 Å². The van der Waals surface area contributed by atoms with Crippen LogP contribution in [0.3, 0.4) is 0 Å². The van der Waals surface area contributed by atoms with E-state index in [-0.39, 0.29) is 0 Å². The number of halogens is 1. The average molecular weight is 229 g/mol. The lowest BCUT2D eigenvalue weighted by Gasteiger charge is -2.03. The molecule has 2 rings (SSSR count). The second-order valence-electron chi connectivity index (χ2n) is 2.79. The number of ether oxygens (including phenoxy) is 2. The Hall–Kier alpha value is -0.930. The van der Waals surface area contributed by atoms with Crippen LogP contribution in [-0.2, 0) is 0 Å². The normalized spacial score (nSPS) is 10.5. The Morgan fingerprint density at radius 2 is 1.86 bits per heavy atom. The lowest BCUT2D eigenvalue weighted by Crippen LogP contribution is -1.84. The van der Waals surface area contributed by atoms with Gasteiger partial charge in [0.15, 0.2) is 0 Å². The van der Waals surface area contributed by atoms with Crippen LogP contribution in [0, 0.1) is 0 Å². The Morgan fingerprint density at radius 3 is 2.50 bits per heavy atom. The zero-order valence-electron chi connectivity index (χ0n) is 7.83. The summed E-state index contributed by atoms with van der Waals surface area (Å²) >= 11 is 7.63. The van der Waals surface area contributed by atoms with E-state index in [1.807, 2.05) is 17.5 Å². The molecule has 0 saturated heterocycles. The van der Waals surface area contributed by atoms with Crippen LogP contribution in [0.15, 0.2) is 17.5 Å². The van der Waals surface area contributed by atoms with Crippen LogP contribution >= 0.6 is 22.9 Å². The van der Waals surface area contributed by atoms with E-state index in [9.17, 15) is 0 Å². The van der Waals surface area contributed by atoms with Gasteiger partial charge in [-0.15, -0.1) is 11.3 Å². The van der Waals surface area contributed by atoms with Gasteiger partial charge in [-0.2, -0.15) is 0 Å². The van der Waals surface area contributed by atoms with Gasteiger partial charge in [0, 0.05) is 15.5 Å². The summed E-state index contributed by atoms with van der Waals surface area (Å²) in [4.78, 5) is 0. The Morgan fingerprint density at radius 1 is 1.14 bits per heavy atom. The summed E-state index contributed by atoms with van der Waals surface area (Å²) in [7, 11) is 3.26. The van der Waals surface area contributed by atoms with E-state index in [4.69, 9.17) is 21.1 Å². The topological polar surface area (TPSA) is 18.5 Å². The number of hydrogen-bond acceptors (Lipinski definition) is 3. The largest absolute Gasteiger partial charge is 0.495 e. The van der Waals surface area contributed by atoms with Gasteiger partial charge in [0.1, 0.15) is 11.5 Å². The molecule has 14 heavy (non-hydrogen) atoms. The monoisotopic (exact) mass is 228 g/mol. The van der Waals surface area contributed by atoms with Gasteiger partial charge < -0.3 is 9.47 Å². The Kier molecular flexibility index (Phi) is 2.52. The third-order valence-corrected chi connectivity index (χ3v) is 3.25. The highest BCUT2D eigenvalue weighted by Gasteiger charge is 2.08. The fourth-order valence-electron chi connectivity index (χ4n) is 1.32. The zero-order chi connectivity index (χ0) is 10.1. The molecule has 0 amide bonds. The van der Waals surface area contributed by atoms with E-state index in [1.54, 1.807) is 25.6 Å². The fourth-order valence-corrected chi connectivity index (χ4v) is 2.48. The number of hydrogen-bond donors (Lipinski definition) is 0. The van der Waals surface area contributed by atoms with E-state index in [2.05, 4.69) is 0 Å². The van der Waals surface area contributed by atoms with E-state index in [1.165, 1.54) is 0 Å². The summed E-state index contributed by atoms with van der Waals surface area (Å²) in [5.74, 6) is 1.55. The minimum absolute atomic E-state index is 0.608. The van der Waals surface area contributed by atoms with Crippen molar-refractivity contribution in [2.45, 2.75) is 0 Å². The van der Waals surface area contributed by atoms with Crippen molar-refractivity contribution in [2.75, 3.05) is 14.2 Å². The molecule has 0 fully saturated rings. The third kappa shape index (κ3) is 1.42. The first-order valence-corrected chi connectivity index (χ1v) is 5.30. The molecule has 1 aromatic carbocycles. The predicted molar refractivity (Wildman–Crippen MR) is 59.9 cm³/mol. The number of benzene rings is 1. The highest BCUT2D eigenvalue weighted by atomic mass is 35.5. The minimum Gasteiger partial charge on any atom is -0.495 e. The summed E-state index contributed by atoms with van der Waals surface area (Å²) in [5.41, 5.74) is 0. The Balaban J connectivity index is 2.69. The predicted octanol–water partition coefficient (Wildman–Crippen LogP) is 3.57. The molecule has 74 valence electrons. The molecule has 0 aliphatic rings. The standard InChI is InChI=1S/C10H9ClO2S/c1-12-8-4-10-6(3-7(8)11)9(13-2)5-14-10/h3-5H,1-2H3. The van der Waals surface area contributed by atoms with Crippen molar-refractivity contribution in [2.24, 2.45) is 0 Å². The SMILES string of the molecule is COc1cc2scc(OC)c2cc1Cl. The van der Waals surface area contributed by atoms with Gasteiger partial charge in [0.2, 0.25) is 0 Å². The second-order valence-corrected chi connectivity index (χ2v) is 4.11. The Labute approximate surface area is 91.0 Å². The molecule has 0 unspecified atom stereocenters. The zero-order valence-corrected chi connectivity index (χ0v) is 9.41. The summed E-state index contributed by atoms with van der Waals surface area (Å²) in [6.45, 7) is 0. The van der Waals surface area contributed by atoms with Crippen LogP contribution in [0.5, 0.6) is 11.5 Å². The van der Waals surface area contributed by atoms with Crippen molar-refractivity contribution in [1.29, 1.82) is 0 Å². The van der Waals surface area contributed by atoms with Gasteiger partial charge >= 0.3 is 0 Å². The van der Waals surface area contributed by atoms with Crippen molar-refractivity contribution in [1.82, 2.24) is 0 Å². The van der Waals surface area contributed by atoms with E-state index in [0.717, 1.165) is 15.8 Å². The lowest BCUT2D eigenvalue weighted by molar-refractivity contribution is 0.415. The summed E-state index contributed by atoms with van der Waals surface area (Å²) in [6, 6.07) is 3.79. The van der Waals surface area contributed by atoms with E-state index >= 15 is 0 Å². The molecule has 1 heterocycles. The molecule has 0 bridgehead atoms. The van der Waals surface area contributed by atoms with Gasteiger partial charge in [-0.3, -0.25) is 0 Å². The molecular formula is C10H9ClO2S. The highest BCUT2D eigenvalue weighted by molar-refractivity contribution is 7.17. The van der Waals surface area contributed by atoms with E-state index in [0.29, 0.717) is 10.8 Å². The molecule has 0 spiro atoms. The van der Waals surface area contributed by atoms with E-state index < -0.39 is 0 Å². The maximum absolute atomic E-state index is 6.01. The van der Waals surface area contributed by atoms with Gasteiger partial charge in [0.25, 0.3) is 0 Å². The lowest BCUT2D eigenvalue weighted by atomic mass is 10.2. The van der Waals surface area contributed by atoms with Crippen molar-refractivity contribution < 1.29 is 9.47 Å². The van der Waals surface area contributed by atoms with Crippen LogP contribution in [0.4, 0.5) is 0 Å². The number of rotatable bonds is 2. The van der Waals surface area contributed by atoms with Crippen LogP contribution in [0.1, 0.15) is 0 Å². The molecule has 2 nitrogen and oxygen atoms in total. The fraction of sp³-hybridized carbons (Fsp3) is 0.200. The van der Waals surface area contributed by atoms with Crippen LogP contribution in [-0.4, -0.2) is 14.2 Å². The summed E-state index contributed by atoms with van der Waals surface area (Å²) in [6.07, 6.45) is 0. The highest BCUT2D eigenvalue weighted by Crippen LogP contribution is 2.38. The second kappa shape index (κ2) is 3.67. The van der Waals surface area contributed by atoms with Crippen LogP contribution in [0.2, 0.25) is 5.02 Å². The summed E-state index contributed by atoms with van der Waals surface area (Å²) in [5, 5.41) is 3.60. The minimum atomic E-state index is 0.608. The molecule has 4 heteroatoms. The van der Waals surface area contributed by atoms with Gasteiger partial charge in [0.05, 0.1) is 19.2 Å². The van der Waals surface area contributed by atoms with Crippen molar-refractivity contribution >= 4 is 33.0 Å². The van der Waals surface area contributed by atoms with Gasteiger partial charge in [-0.1, -0.05) is 11.6 Å². The number of fused-ring (bicyclic) bond motifs is 1. The average Bonchev–Trinajstić information content (AvgIpc) is 2.58. The third-order valence-electron chi connectivity index (χ3n) is 2.03. The first-order chi connectivity index (χ1) is 6.76. The maximum atomic E-state index is 6.01. The molecule has 0 atom stereocenters. The molecule has 1 aromatic heterocycles. The number of thiophene rings is 1. The van der Waals surface area contributed by atoms with Crippen molar-refractivity contribution in [3.63, 3.8) is 0 Å². The molecule has 0 N–H and O–H groups in total.